The predicted octanol–water partition coefficient (Wildman–Crippen LogP) is 3.39. The first-order valence-electron chi connectivity index (χ1n) is 15.1. The van der Waals surface area contributed by atoms with E-state index in [0.717, 1.165) is 46.9 Å². The van der Waals surface area contributed by atoms with Gasteiger partial charge in [0.05, 0.1) is 24.8 Å². The molecule has 2 amide bonds. The Bertz CT molecular complexity index is 1560. The summed E-state index contributed by atoms with van der Waals surface area (Å²) in [6.45, 7) is 4.29. The van der Waals surface area contributed by atoms with Gasteiger partial charge in [0.15, 0.2) is 0 Å². The molecule has 1 aliphatic heterocycles. The summed E-state index contributed by atoms with van der Waals surface area (Å²) in [6, 6.07) is 17.1. The number of pyridine rings is 1. The van der Waals surface area contributed by atoms with E-state index < -0.39 is 23.7 Å². The highest BCUT2D eigenvalue weighted by atomic mass is 16.5. The van der Waals surface area contributed by atoms with E-state index in [-0.39, 0.29) is 29.8 Å². The van der Waals surface area contributed by atoms with Gasteiger partial charge < -0.3 is 35.0 Å². The number of methoxy groups -OCH3 is 2. The molecule has 10 nitrogen and oxygen atoms in total. The minimum atomic E-state index is -1.13. The van der Waals surface area contributed by atoms with Crippen LogP contribution in [0.15, 0.2) is 67.3 Å². The van der Waals surface area contributed by atoms with E-state index in [9.17, 15) is 14.4 Å². The molecule has 3 N–H and O–H groups in total. The number of aromatic nitrogens is 1. The van der Waals surface area contributed by atoms with Crippen molar-refractivity contribution in [3.05, 3.63) is 67.3 Å². The zero-order chi connectivity index (χ0) is 30.8. The van der Waals surface area contributed by atoms with Gasteiger partial charge in [0.1, 0.15) is 29.9 Å². The van der Waals surface area contributed by atoms with E-state index in [0.29, 0.717) is 25.3 Å². The Hall–Kier alpha value is -4.28. The zero-order valence-electron chi connectivity index (χ0n) is 25.0. The van der Waals surface area contributed by atoms with Gasteiger partial charge in [0.2, 0.25) is 17.7 Å². The normalized spacial score (nSPS) is 25.5. The zero-order valence-corrected chi connectivity index (χ0v) is 25.0. The van der Waals surface area contributed by atoms with Gasteiger partial charge in [-0.3, -0.25) is 9.59 Å². The molecule has 1 unspecified atom stereocenters. The first kappa shape index (κ1) is 29.8. The Labute approximate surface area is 256 Å². The molecule has 0 bridgehead atoms. The second kappa shape index (κ2) is 12.4. The molecular formula is C34H38N4O6. The Morgan fingerprint density at radius 3 is 2.57 bits per heavy atom. The Balaban J connectivity index is 1.14. The number of aldehydes is 1. The van der Waals surface area contributed by atoms with Crippen LogP contribution in [0, 0.1) is 17.8 Å². The van der Waals surface area contributed by atoms with Crippen LogP contribution in [0.3, 0.4) is 0 Å². The molecule has 230 valence electrons. The number of nitrogens with zero attached hydrogens (tertiary/aromatic N) is 1. The van der Waals surface area contributed by atoms with Gasteiger partial charge in [-0.1, -0.05) is 24.3 Å². The molecule has 6 atom stereocenters. The molecule has 0 spiro atoms. The molecule has 10 heteroatoms. The first-order chi connectivity index (χ1) is 21.4. The van der Waals surface area contributed by atoms with Gasteiger partial charge >= 0.3 is 0 Å². The number of hydrogen-bond donors (Lipinski definition) is 3. The minimum absolute atomic E-state index is 0.209. The van der Waals surface area contributed by atoms with Crippen molar-refractivity contribution in [3.8, 4) is 22.9 Å². The topological polar surface area (TPSA) is 128 Å². The molecule has 2 aliphatic carbocycles. The van der Waals surface area contributed by atoms with Crippen molar-refractivity contribution in [1.82, 2.24) is 20.9 Å². The molecule has 2 heterocycles. The lowest BCUT2D eigenvalue weighted by atomic mass is 10.0. The number of rotatable bonds is 13. The van der Waals surface area contributed by atoms with Crippen molar-refractivity contribution >= 4 is 28.9 Å². The molecule has 3 aliphatic rings. The smallest absolute Gasteiger partial charge is 0.248 e. The largest absolute Gasteiger partial charge is 0.497 e. The average Bonchev–Trinajstić information content (AvgIpc) is 3.97. The number of hydrogen-bond acceptors (Lipinski definition) is 8. The maximum Gasteiger partial charge on any atom is 0.248 e. The van der Waals surface area contributed by atoms with E-state index in [2.05, 4.69) is 22.5 Å². The number of nitrogens with one attached hydrogen (secondary N) is 3. The van der Waals surface area contributed by atoms with Crippen LogP contribution in [0.4, 0.5) is 0 Å². The number of carbonyl (C=O) groups excluding carboxylic acids is 3. The summed E-state index contributed by atoms with van der Waals surface area (Å²) in [6.07, 6.45) is 4.18. The average molecular weight is 599 g/mol. The van der Waals surface area contributed by atoms with Gasteiger partial charge in [-0.05, 0) is 67.0 Å². The molecule has 3 aromatic rings. The van der Waals surface area contributed by atoms with E-state index >= 15 is 0 Å². The van der Waals surface area contributed by atoms with Crippen LogP contribution in [0.25, 0.3) is 22.0 Å². The Morgan fingerprint density at radius 2 is 1.91 bits per heavy atom. The molecule has 2 saturated carbocycles. The van der Waals surface area contributed by atoms with Crippen molar-refractivity contribution in [1.29, 1.82) is 0 Å². The molecule has 44 heavy (non-hydrogen) atoms. The van der Waals surface area contributed by atoms with Crippen LogP contribution in [-0.2, 0) is 19.1 Å². The van der Waals surface area contributed by atoms with E-state index in [1.165, 1.54) is 7.11 Å². The van der Waals surface area contributed by atoms with E-state index in [4.69, 9.17) is 19.2 Å². The third-order valence-corrected chi connectivity index (χ3v) is 9.03. The van der Waals surface area contributed by atoms with Crippen LogP contribution < -0.4 is 25.4 Å². The second-order valence-electron chi connectivity index (χ2n) is 11.9. The fraction of sp³-hybridized carbons (Fsp3) is 0.412. The monoisotopic (exact) mass is 598 g/mol. The maximum absolute atomic E-state index is 13.5. The standard InChI is InChI=1S/C34H38N4O6/c1-4-23-17-34(23,33(41)37-31(43-3)27(19-39)20-9-10-20)38-30(40)29-16-25(18-35-29)44-32-26-8-6-5-7-22(26)15-28(36-32)21-11-13-24(42-2)14-12-21/h4-8,11-15,19-20,23,25,27,29,31,35H,1,9-10,16-18H2,2-3H3,(H,37,41)(H,38,40)/t23-,25-,27+,29+,31?,34-/m1/s1. The number of fused-ring (bicyclic) bond motifs is 1. The van der Waals surface area contributed by atoms with Crippen molar-refractivity contribution in [3.63, 3.8) is 0 Å². The van der Waals surface area contributed by atoms with Crippen LogP contribution >= 0.6 is 0 Å². The van der Waals surface area contributed by atoms with Gasteiger partial charge in [-0.15, -0.1) is 6.58 Å². The molecule has 6 rings (SSSR count). The molecule has 0 radical (unpaired) electrons. The minimum Gasteiger partial charge on any atom is -0.497 e. The van der Waals surface area contributed by atoms with E-state index in [1.807, 2.05) is 54.6 Å². The summed E-state index contributed by atoms with van der Waals surface area (Å²) in [5.74, 6) is 0.178. The van der Waals surface area contributed by atoms with Crippen LogP contribution in [0.2, 0.25) is 0 Å². The lowest BCUT2D eigenvalue weighted by Crippen LogP contribution is -2.57. The van der Waals surface area contributed by atoms with Crippen molar-refractivity contribution in [2.24, 2.45) is 17.8 Å². The fourth-order valence-electron chi connectivity index (χ4n) is 6.14. The predicted molar refractivity (Wildman–Crippen MR) is 165 cm³/mol. The Kier molecular flexibility index (Phi) is 8.38. The van der Waals surface area contributed by atoms with Gasteiger partial charge in [0.25, 0.3) is 0 Å². The van der Waals surface area contributed by atoms with E-state index in [1.54, 1.807) is 13.2 Å². The SMILES string of the molecule is C=C[C@@H]1C[C@]1(NC(=O)[C@@H]1C[C@@H](Oc2nc(-c3ccc(OC)cc3)cc3ccccc23)CN1)C(=O)NC(OC)[C@@H](C=O)C1CC1. The third kappa shape index (κ3) is 5.92. The lowest BCUT2D eigenvalue weighted by molar-refractivity contribution is -0.135. The highest BCUT2D eigenvalue weighted by molar-refractivity contribution is 5.97. The quantitative estimate of drug-likeness (QED) is 0.155. The summed E-state index contributed by atoms with van der Waals surface area (Å²) in [5.41, 5.74) is 0.574. The van der Waals surface area contributed by atoms with Crippen LogP contribution in [0.1, 0.15) is 25.7 Å². The van der Waals surface area contributed by atoms with Crippen molar-refractivity contribution < 1.29 is 28.6 Å². The highest BCUT2D eigenvalue weighted by Crippen LogP contribution is 2.45. The summed E-state index contributed by atoms with van der Waals surface area (Å²) >= 11 is 0. The lowest BCUT2D eigenvalue weighted by Gasteiger charge is -2.27. The van der Waals surface area contributed by atoms with Gasteiger partial charge in [-0.25, -0.2) is 4.98 Å². The van der Waals surface area contributed by atoms with Crippen molar-refractivity contribution in [2.75, 3.05) is 20.8 Å². The molecule has 3 fully saturated rings. The number of ether oxygens (including phenoxy) is 3. The van der Waals surface area contributed by atoms with Gasteiger partial charge in [0, 0.05) is 36.9 Å². The van der Waals surface area contributed by atoms with Gasteiger partial charge in [-0.2, -0.15) is 0 Å². The summed E-state index contributed by atoms with van der Waals surface area (Å²) < 4.78 is 17.2. The molecular weight excluding hydrogens is 560 g/mol. The highest BCUT2D eigenvalue weighted by Gasteiger charge is 2.61. The van der Waals surface area contributed by atoms with Crippen LogP contribution in [-0.4, -0.2) is 67.8 Å². The maximum atomic E-state index is 13.5. The Morgan fingerprint density at radius 1 is 1.14 bits per heavy atom. The summed E-state index contributed by atoms with van der Waals surface area (Å²) in [5, 5.41) is 11.0. The number of benzene rings is 2. The second-order valence-corrected chi connectivity index (χ2v) is 11.9. The third-order valence-electron chi connectivity index (χ3n) is 9.03. The van der Waals surface area contributed by atoms with Crippen LogP contribution in [0.5, 0.6) is 11.6 Å². The molecule has 1 aromatic heterocycles. The molecule has 1 saturated heterocycles. The molecule has 2 aromatic carbocycles. The summed E-state index contributed by atoms with van der Waals surface area (Å²) in [4.78, 5) is 43.5. The number of amides is 2. The first-order valence-corrected chi connectivity index (χ1v) is 15.1. The summed E-state index contributed by atoms with van der Waals surface area (Å²) in [7, 11) is 3.10. The van der Waals surface area contributed by atoms with Crippen molar-refractivity contribution in [2.45, 2.75) is 49.6 Å². The fourth-order valence-corrected chi connectivity index (χ4v) is 6.14. The number of carbonyl (C=O) groups is 3.